The van der Waals surface area contributed by atoms with Crippen LogP contribution in [-0.2, 0) is 15.8 Å². The highest BCUT2D eigenvalue weighted by Crippen LogP contribution is 2.51. The molecular formula is C19H18ClFN2O2. The average molecular weight is 361 g/mol. The Labute approximate surface area is 150 Å². The van der Waals surface area contributed by atoms with E-state index in [1.807, 2.05) is 12.1 Å². The maximum atomic E-state index is 14.0. The first-order chi connectivity index (χ1) is 11.9. The fraction of sp³-hybridized carbons (Fsp3) is 0.368. The van der Waals surface area contributed by atoms with E-state index in [1.165, 1.54) is 12.3 Å². The van der Waals surface area contributed by atoms with Gasteiger partial charge in [0.1, 0.15) is 11.4 Å². The molecule has 2 heterocycles. The van der Waals surface area contributed by atoms with Gasteiger partial charge in [-0.15, -0.1) is 0 Å². The van der Waals surface area contributed by atoms with Crippen molar-refractivity contribution in [1.82, 2.24) is 9.88 Å². The van der Waals surface area contributed by atoms with Crippen LogP contribution in [0.4, 0.5) is 4.39 Å². The molecule has 25 heavy (non-hydrogen) atoms. The van der Waals surface area contributed by atoms with E-state index in [1.54, 1.807) is 17.0 Å². The summed E-state index contributed by atoms with van der Waals surface area (Å²) in [5, 5.41) is 11.5. The van der Waals surface area contributed by atoms with Gasteiger partial charge in [-0.3, -0.25) is 9.78 Å². The number of hydrogen-bond donors (Lipinski definition) is 1. The molecule has 4 rings (SSSR count). The van der Waals surface area contributed by atoms with Gasteiger partial charge >= 0.3 is 0 Å². The number of β-amino-alcohol motifs (C(OH)–C–C–N with tert-alkyl or cyclic N) is 1. The first-order valence-corrected chi connectivity index (χ1v) is 8.70. The van der Waals surface area contributed by atoms with Gasteiger partial charge in [0.05, 0.1) is 18.2 Å². The van der Waals surface area contributed by atoms with Gasteiger partial charge in [-0.05, 0) is 43.0 Å². The smallest absolute Gasteiger partial charge is 0.233 e. The lowest BCUT2D eigenvalue weighted by molar-refractivity contribution is -0.134. The SMILES string of the molecule is O=C(N1CCC(O)(c2ccncc2F)C1)C1(c2ccc(Cl)cc2)CC1. The molecule has 2 fully saturated rings. The summed E-state index contributed by atoms with van der Waals surface area (Å²) in [5.41, 5.74) is -0.729. The number of halogens is 2. The monoisotopic (exact) mass is 360 g/mol. The summed E-state index contributed by atoms with van der Waals surface area (Å²) >= 11 is 5.94. The van der Waals surface area contributed by atoms with Crippen molar-refractivity contribution in [2.45, 2.75) is 30.3 Å². The number of amides is 1. The second-order valence-electron chi connectivity index (χ2n) is 6.95. The summed E-state index contributed by atoms with van der Waals surface area (Å²) in [5.74, 6) is -0.543. The molecular weight excluding hydrogens is 343 g/mol. The summed E-state index contributed by atoms with van der Waals surface area (Å²) in [6, 6.07) is 8.83. The number of rotatable bonds is 3. The van der Waals surface area contributed by atoms with Crippen LogP contribution in [0.5, 0.6) is 0 Å². The molecule has 1 saturated heterocycles. The van der Waals surface area contributed by atoms with Crippen LogP contribution >= 0.6 is 11.6 Å². The Hall–Kier alpha value is -1.98. The third-order valence-corrected chi connectivity index (χ3v) is 5.62. The number of hydrogen-bond acceptors (Lipinski definition) is 3. The molecule has 1 aromatic heterocycles. The van der Waals surface area contributed by atoms with Crippen molar-refractivity contribution >= 4 is 17.5 Å². The quantitative estimate of drug-likeness (QED) is 0.915. The molecule has 1 amide bonds. The second-order valence-corrected chi connectivity index (χ2v) is 7.39. The van der Waals surface area contributed by atoms with Gasteiger partial charge in [0.2, 0.25) is 5.91 Å². The number of nitrogens with zero attached hydrogens (tertiary/aromatic N) is 2. The van der Waals surface area contributed by atoms with Crippen LogP contribution in [0.2, 0.25) is 5.02 Å². The van der Waals surface area contributed by atoms with Crippen molar-refractivity contribution in [3.63, 3.8) is 0 Å². The maximum absolute atomic E-state index is 14.0. The Bertz CT molecular complexity index is 822. The highest BCUT2D eigenvalue weighted by Gasteiger charge is 2.55. The molecule has 1 N–H and O–H groups in total. The van der Waals surface area contributed by atoms with Crippen molar-refractivity contribution in [2.24, 2.45) is 0 Å². The van der Waals surface area contributed by atoms with Gasteiger partial charge < -0.3 is 10.0 Å². The van der Waals surface area contributed by atoms with E-state index in [0.29, 0.717) is 18.0 Å². The number of pyridine rings is 1. The number of carbonyl (C=O) groups is 1. The molecule has 6 heteroatoms. The van der Waals surface area contributed by atoms with Crippen LogP contribution in [0, 0.1) is 5.82 Å². The van der Waals surface area contributed by atoms with Crippen LogP contribution in [0.3, 0.4) is 0 Å². The number of likely N-dealkylation sites (tertiary alicyclic amines) is 1. The molecule has 1 atom stereocenters. The zero-order valence-electron chi connectivity index (χ0n) is 13.6. The lowest BCUT2D eigenvalue weighted by Crippen LogP contribution is -2.40. The molecule has 1 aromatic carbocycles. The van der Waals surface area contributed by atoms with Crippen LogP contribution in [0.15, 0.2) is 42.7 Å². The predicted octanol–water partition coefficient (Wildman–Crippen LogP) is 3.03. The highest BCUT2D eigenvalue weighted by atomic mass is 35.5. The van der Waals surface area contributed by atoms with Gasteiger partial charge in [0, 0.05) is 23.3 Å². The zero-order chi connectivity index (χ0) is 17.7. The molecule has 0 bridgehead atoms. The molecule has 2 aromatic rings. The summed E-state index contributed by atoms with van der Waals surface area (Å²) in [6.45, 7) is 0.508. The van der Waals surface area contributed by atoms with Gasteiger partial charge in [-0.2, -0.15) is 0 Å². The summed E-state index contributed by atoms with van der Waals surface area (Å²) in [7, 11) is 0. The second kappa shape index (κ2) is 5.78. The Kier molecular flexibility index (Phi) is 3.81. The topological polar surface area (TPSA) is 53.4 Å². The van der Waals surface area contributed by atoms with Gasteiger partial charge in [0.15, 0.2) is 0 Å². The third-order valence-electron chi connectivity index (χ3n) is 5.36. The van der Waals surface area contributed by atoms with E-state index in [-0.39, 0.29) is 18.0 Å². The van der Waals surface area contributed by atoms with E-state index < -0.39 is 16.8 Å². The van der Waals surface area contributed by atoms with Gasteiger partial charge in [-0.1, -0.05) is 23.7 Å². The Balaban J connectivity index is 1.57. The molecule has 4 nitrogen and oxygen atoms in total. The molecule has 1 saturated carbocycles. The lowest BCUT2D eigenvalue weighted by atomic mass is 9.93. The molecule has 130 valence electrons. The predicted molar refractivity (Wildman–Crippen MR) is 91.7 cm³/mol. The van der Waals surface area contributed by atoms with Crippen LogP contribution < -0.4 is 0 Å². The minimum absolute atomic E-state index is 0.000196. The van der Waals surface area contributed by atoms with Crippen molar-refractivity contribution < 1.29 is 14.3 Å². The largest absolute Gasteiger partial charge is 0.383 e. The van der Waals surface area contributed by atoms with Gasteiger partial charge in [-0.25, -0.2) is 4.39 Å². The summed E-state index contributed by atoms with van der Waals surface area (Å²) < 4.78 is 14.0. The van der Waals surface area contributed by atoms with Gasteiger partial charge in [0.25, 0.3) is 0 Å². The molecule has 0 spiro atoms. The van der Waals surface area contributed by atoms with Crippen molar-refractivity contribution in [1.29, 1.82) is 0 Å². The first kappa shape index (κ1) is 16.5. The normalized spacial score (nSPS) is 24.4. The molecule has 1 aliphatic heterocycles. The van der Waals surface area contributed by atoms with E-state index in [4.69, 9.17) is 11.6 Å². The fourth-order valence-corrected chi connectivity index (χ4v) is 3.89. The van der Waals surface area contributed by atoms with E-state index in [9.17, 15) is 14.3 Å². The number of benzene rings is 1. The lowest BCUT2D eigenvalue weighted by Gasteiger charge is -2.27. The maximum Gasteiger partial charge on any atom is 0.233 e. The van der Waals surface area contributed by atoms with Crippen LogP contribution in [0.25, 0.3) is 0 Å². The van der Waals surface area contributed by atoms with Crippen molar-refractivity contribution in [2.75, 3.05) is 13.1 Å². The highest BCUT2D eigenvalue weighted by molar-refractivity contribution is 6.30. The fourth-order valence-electron chi connectivity index (χ4n) is 3.76. The number of aromatic nitrogens is 1. The molecule has 2 aliphatic rings. The molecule has 1 unspecified atom stereocenters. The summed E-state index contributed by atoms with van der Waals surface area (Å²) in [6.07, 6.45) is 4.43. The Morgan fingerprint density at radius 3 is 2.56 bits per heavy atom. The van der Waals surface area contributed by atoms with Crippen LogP contribution in [-0.4, -0.2) is 34.0 Å². The summed E-state index contributed by atoms with van der Waals surface area (Å²) in [4.78, 5) is 18.5. The Morgan fingerprint density at radius 2 is 1.92 bits per heavy atom. The van der Waals surface area contributed by atoms with E-state index in [2.05, 4.69) is 4.98 Å². The van der Waals surface area contributed by atoms with Crippen molar-refractivity contribution in [3.8, 4) is 0 Å². The molecule has 0 radical (unpaired) electrons. The minimum Gasteiger partial charge on any atom is -0.383 e. The first-order valence-electron chi connectivity index (χ1n) is 8.32. The van der Waals surface area contributed by atoms with E-state index in [0.717, 1.165) is 24.6 Å². The van der Waals surface area contributed by atoms with E-state index >= 15 is 0 Å². The average Bonchev–Trinajstić information content (AvgIpc) is 3.32. The van der Waals surface area contributed by atoms with Crippen molar-refractivity contribution in [3.05, 3.63) is 64.7 Å². The number of aliphatic hydroxyl groups is 1. The Morgan fingerprint density at radius 1 is 1.20 bits per heavy atom. The zero-order valence-corrected chi connectivity index (χ0v) is 14.3. The molecule has 1 aliphatic carbocycles. The number of carbonyl (C=O) groups excluding carboxylic acids is 1. The van der Waals surface area contributed by atoms with Crippen LogP contribution in [0.1, 0.15) is 30.4 Å². The third kappa shape index (κ3) is 2.71. The standard InChI is InChI=1S/C19H18ClFN2O2/c20-14-3-1-13(2-4-14)18(6-7-18)17(24)23-10-8-19(25,12-23)15-5-9-22-11-16(15)21/h1-5,9,11,25H,6-8,10,12H2. The minimum atomic E-state index is -1.36.